The van der Waals surface area contributed by atoms with Crippen LogP contribution < -0.4 is 10.1 Å². The van der Waals surface area contributed by atoms with E-state index in [2.05, 4.69) is 26.3 Å². The van der Waals surface area contributed by atoms with Crippen molar-refractivity contribution < 1.29 is 23.8 Å². The number of hydrogen-bond acceptors (Lipinski definition) is 8. The van der Waals surface area contributed by atoms with Crippen LogP contribution in [0, 0.1) is 0 Å². The lowest BCUT2D eigenvalue weighted by Crippen LogP contribution is -2.35. The second kappa shape index (κ2) is 9.75. The second-order valence-corrected chi connectivity index (χ2v) is 8.34. The molecule has 0 radical (unpaired) electrons. The first-order valence-electron chi connectivity index (χ1n) is 10.0. The lowest BCUT2D eigenvalue weighted by Gasteiger charge is -2.14. The number of amides is 1. The molecule has 1 aliphatic rings. The number of fused-ring (bicyclic) bond motifs is 2. The largest absolute Gasteiger partial charge is 0.483 e. The van der Waals surface area contributed by atoms with E-state index in [9.17, 15) is 4.79 Å². The van der Waals surface area contributed by atoms with Gasteiger partial charge in [0.05, 0.1) is 11.2 Å². The summed E-state index contributed by atoms with van der Waals surface area (Å²) in [5, 5.41) is 11.5. The van der Waals surface area contributed by atoms with Gasteiger partial charge in [0.1, 0.15) is 17.1 Å². The van der Waals surface area contributed by atoms with E-state index in [1.54, 1.807) is 13.1 Å². The van der Waals surface area contributed by atoms with E-state index < -0.39 is 0 Å². The minimum Gasteiger partial charge on any atom is -0.483 e. The molecule has 1 aromatic carbocycles. The van der Waals surface area contributed by atoms with E-state index in [-0.39, 0.29) is 18.4 Å². The molecule has 1 saturated heterocycles. The SMILES string of the molecule is CC(=O)NC1CCN(Cc2cc3ccc(Oc4nc5ncccc5s4)cc3o2)C1.O=CO. The monoisotopic (exact) mass is 454 g/mol. The molecule has 0 saturated carbocycles. The van der Waals surface area contributed by atoms with Crippen LogP contribution in [0.25, 0.3) is 21.3 Å². The Bertz CT molecular complexity index is 1200. The number of likely N-dealkylation sites (tertiary alicyclic amines) is 1. The van der Waals surface area contributed by atoms with Crippen molar-refractivity contribution >= 4 is 45.0 Å². The summed E-state index contributed by atoms with van der Waals surface area (Å²) >= 11 is 1.47. The molecule has 5 rings (SSSR count). The zero-order chi connectivity index (χ0) is 22.5. The first kappa shape index (κ1) is 21.7. The fourth-order valence-corrected chi connectivity index (χ4v) is 4.50. The third-order valence-electron chi connectivity index (χ3n) is 4.95. The minimum absolute atomic E-state index is 0.0250. The summed E-state index contributed by atoms with van der Waals surface area (Å²) in [6.07, 6.45) is 2.69. The van der Waals surface area contributed by atoms with Crippen molar-refractivity contribution in [2.45, 2.75) is 25.9 Å². The predicted octanol–water partition coefficient (Wildman–Crippen LogP) is 3.64. The Labute approximate surface area is 187 Å². The van der Waals surface area contributed by atoms with Gasteiger partial charge < -0.3 is 19.6 Å². The highest BCUT2D eigenvalue weighted by Gasteiger charge is 2.23. The zero-order valence-electron chi connectivity index (χ0n) is 17.4. The summed E-state index contributed by atoms with van der Waals surface area (Å²) in [4.78, 5) is 30.5. The molecule has 9 nitrogen and oxygen atoms in total. The third-order valence-corrected chi connectivity index (χ3v) is 5.84. The molecule has 4 aromatic rings. The number of nitrogens with one attached hydrogen (secondary N) is 1. The van der Waals surface area contributed by atoms with Crippen LogP contribution in [0.2, 0.25) is 0 Å². The Kier molecular flexibility index (Phi) is 6.62. The number of ether oxygens (including phenoxy) is 1. The topological polar surface area (TPSA) is 118 Å². The number of benzene rings is 1. The van der Waals surface area contributed by atoms with Gasteiger partial charge in [-0.25, -0.2) is 4.98 Å². The maximum atomic E-state index is 11.2. The van der Waals surface area contributed by atoms with E-state index in [0.29, 0.717) is 16.6 Å². The van der Waals surface area contributed by atoms with Crippen LogP contribution in [0.3, 0.4) is 0 Å². The Morgan fingerprint density at radius 1 is 1.41 bits per heavy atom. The molecular weight excluding hydrogens is 432 g/mol. The van der Waals surface area contributed by atoms with Crippen molar-refractivity contribution in [1.82, 2.24) is 20.2 Å². The molecule has 2 N–H and O–H groups in total. The Hall–Kier alpha value is -3.50. The van der Waals surface area contributed by atoms with Crippen molar-refractivity contribution in [3.63, 3.8) is 0 Å². The highest BCUT2D eigenvalue weighted by atomic mass is 32.1. The van der Waals surface area contributed by atoms with Gasteiger partial charge in [-0.3, -0.25) is 14.5 Å². The lowest BCUT2D eigenvalue weighted by atomic mass is 10.2. The number of pyridine rings is 1. The number of thiazole rings is 1. The summed E-state index contributed by atoms with van der Waals surface area (Å²) in [6.45, 7) is 3.83. The number of carbonyl (C=O) groups excluding carboxylic acids is 1. The molecule has 0 aliphatic carbocycles. The first-order valence-corrected chi connectivity index (χ1v) is 10.8. The normalized spacial score (nSPS) is 16.0. The molecule has 1 unspecified atom stereocenters. The van der Waals surface area contributed by atoms with Crippen LogP contribution in [0.5, 0.6) is 10.9 Å². The molecule has 1 atom stereocenters. The van der Waals surface area contributed by atoms with Gasteiger partial charge in [0.25, 0.3) is 11.7 Å². The van der Waals surface area contributed by atoms with Crippen molar-refractivity contribution in [2.75, 3.05) is 13.1 Å². The van der Waals surface area contributed by atoms with E-state index in [4.69, 9.17) is 19.1 Å². The first-order chi connectivity index (χ1) is 15.5. The van der Waals surface area contributed by atoms with E-state index in [0.717, 1.165) is 47.5 Å². The summed E-state index contributed by atoms with van der Waals surface area (Å²) < 4.78 is 13.0. The fraction of sp³-hybridized carbons (Fsp3) is 0.273. The van der Waals surface area contributed by atoms with Gasteiger partial charge in [-0.15, -0.1) is 0 Å². The van der Waals surface area contributed by atoms with Gasteiger partial charge in [-0.2, -0.15) is 4.98 Å². The maximum Gasteiger partial charge on any atom is 0.290 e. The molecule has 10 heteroatoms. The summed E-state index contributed by atoms with van der Waals surface area (Å²) in [7, 11) is 0. The van der Waals surface area contributed by atoms with Crippen molar-refractivity contribution in [1.29, 1.82) is 0 Å². The third kappa shape index (κ3) is 5.21. The van der Waals surface area contributed by atoms with Crippen LogP contribution in [0.4, 0.5) is 0 Å². The molecule has 1 aliphatic heterocycles. The van der Waals surface area contributed by atoms with E-state index in [1.807, 2.05) is 30.3 Å². The number of carboxylic acid groups (broad SMARTS) is 1. The Balaban J connectivity index is 0.000000775. The standard InChI is InChI=1S/C21H20N4O3S.CH2O2/c1-13(26)23-15-6-8-25(11-15)12-17-9-14-4-5-16(10-18(14)27-17)28-21-24-20-19(29-21)3-2-7-22-20;2-1-3/h2-5,7,9-10,15H,6,8,11-12H2,1H3,(H,23,26);1H,(H,2,3). The zero-order valence-corrected chi connectivity index (χ0v) is 18.2. The highest BCUT2D eigenvalue weighted by molar-refractivity contribution is 7.20. The number of hydrogen-bond donors (Lipinski definition) is 2. The minimum atomic E-state index is -0.250. The summed E-state index contributed by atoms with van der Waals surface area (Å²) in [5.74, 6) is 1.62. The van der Waals surface area contributed by atoms with Crippen molar-refractivity contribution in [2.24, 2.45) is 0 Å². The predicted molar refractivity (Wildman–Crippen MR) is 120 cm³/mol. The van der Waals surface area contributed by atoms with Crippen LogP contribution in [-0.4, -0.2) is 51.5 Å². The molecule has 1 amide bonds. The number of rotatable bonds is 5. The van der Waals surface area contributed by atoms with Crippen molar-refractivity contribution in [3.8, 4) is 10.9 Å². The molecule has 0 bridgehead atoms. The molecule has 1 fully saturated rings. The molecule has 4 heterocycles. The maximum absolute atomic E-state index is 11.2. The quantitative estimate of drug-likeness (QED) is 0.439. The summed E-state index contributed by atoms with van der Waals surface area (Å²) in [6, 6.07) is 12.0. The van der Waals surface area contributed by atoms with Gasteiger partial charge >= 0.3 is 0 Å². The van der Waals surface area contributed by atoms with Crippen LogP contribution in [-0.2, 0) is 16.1 Å². The summed E-state index contributed by atoms with van der Waals surface area (Å²) in [5.41, 5.74) is 1.48. The van der Waals surface area contributed by atoms with Crippen LogP contribution in [0.15, 0.2) is 47.0 Å². The molecule has 166 valence electrons. The number of nitrogens with zero attached hydrogens (tertiary/aromatic N) is 3. The van der Waals surface area contributed by atoms with Crippen molar-refractivity contribution in [3.05, 3.63) is 48.4 Å². The van der Waals surface area contributed by atoms with Crippen LogP contribution in [0.1, 0.15) is 19.1 Å². The second-order valence-electron chi connectivity index (χ2n) is 7.35. The highest BCUT2D eigenvalue weighted by Crippen LogP contribution is 2.32. The van der Waals surface area contributed by atoms with Crippen LogP contribution >= 0.6 is 11.3 Å². The van der Waals surface area contributed by atoms with Gasteiger partial charge in [-0.05, 0) is 36.8 Å². The fourth-order valence-electron chi connectivity index (χ4n) is 3.70. The van der Waals surface area contributed by atoms with E-state index in [1.165, 1.54) is 11.3 Å². The van der Waals surface area contributed by atoms with Gasteiger partial charge in [0.15, 0.2) is 5.65 Å². The molecule has 3 aromatic heterocycles. The smallest absolute Gasteiger partial charge is 0.290 e. The van der Waals surface area contributed by atoms with Gasteiger partial charge in [-0.1, -0.05) is 11.3 Å². The average Bonchev–Trinajstić information content (AvgIpc) is 3.45. The van der Waals surface area contributed by atoms with E-state index >= 15 is 0 Å². The molecular formula is C22H22N4O5S. The number of aromatic nitrogens is 2. The Morgan fingerprint density at radius 3 is 3.03 bits per heavy atom. The van der Waals surface area contributed by atoms with Gasteiger partial charge in [0, 0.05) is 43.7 Å². The number of furan rings is 1. The number of carbonyl (C=O) groups is 2. The lowest BCUT2D eigenvalue weighted by molar-refractivity contribution is -0.123. The molecule has 0 spiro atoms. The van der Waals surface area contributed by atoms with Gasteiger partial charge in [0.2, 0.25) is 5.91 Å². The average molecular weight is 455 g/mol. The Morgan fingerprint density at radius 2 is 2.25 bits per heavy atom. The molecule has 32 heavy (non-hydrogen) atoms.